The van der Waals surface area contributed by atoms with Gasteiger partial charge in [-0.2, -0.15) is 0 Å². The maximum Gasteiger partial charge on any atom is 0.227 e. The zero-order valence-electron chi connectivity index (χ0n) is 18.8. The Morgan fingerprint density at radius 1 is 0.897 bits per heavy atom. The lowest BCUT2D eigenvalue weighted by molar-refractivity contribution is -0.118. The predicted octanol–water partition coefficient (Wildman–Crippen LogP) is 6.02. The van der Waals surface area contributed by atoms with E-state index in [-0.39, 0.29) is 23.7 Å². The van der Waals surface area contributed by atoms with Crippen LogP contribution < -0.4 is 10.6 Å². The lowest BCUT2D eigenvalue weighted by Crippen LogP contribution is -2.17. The number of carbonyl (C=O) groups excluding carboxylic acids is 2. The van der Waals surface area contributed by atoms with Crippen LogP contribution in [0, 0.1) is 42.4 Å². The average molecular weight is 399 g/mol. The Labute approximate surface area is 176 Å². The minimum absolute atomic E-state index is 0.121. The van der Waals surface area contributed by atoms with Crippen LogP contribution in [0.5, 0.6) is 0 Å². The van der Waals surface area contributed by atoms with Gasteiger partial charge in [0.1, 0.15) is 0 Å². The van der Waals surface area contributed by atoms with Crippen LogP contribution in [0.15, 0.2) is 18.2 Å². The lowest BCUT2D eigenvalue weighted by Gasteiger charge is -2.12. The molecule has 2 fully saturated rings. The van der Waals surface area contributed by atoms with Gasteiger partial charge in [-0.05, 0) is 74.0 Å². The molecule has 2 amide bonds. The van der Waals surface area contributed by atoms with Gasteiger partial charge in [0.15, 0.2) is 0 Å². The van der Waals surface area contributed by atoms with Crippen molar-refractivity contribution >= 4 is 23.2 Å². The van der Waals surface area contributed by atoms with E-state index in [1.54, 1.807) is 0 Å². The summed E-state index contributed by atoms with van der Waals surface area (Å²) in [6, 6.07) is 5.80. The average Bonchev–Trinajstić information content (AvgIpc) is 3.55. The second kappa shape index (κ2) is 9.32. The molecule has 0 aliphatic heterocycles. The van der Waals surface area contributed by atoms with Gasteiger partial charge in [0.05, 0.1) is 0 Å². The molecule has 4 atom stereocenters. The Morgan fingerprint density at radius 2 is 1.41 bits per heavy atom. The summed E-state index contributed by atoms with van der Waals surface area (Å²) in [6.45, 7) is 10.9. The zero-order valence-corrected chi connectivity index (χ0v) is 18.8. The molecule has 2 saturated carbocycles. The predicted molar refractivity (Wildman–Crippen MR) is 120 cm³/mol. The topological polar surface area (TPSA) is 58.2 Å². The van der Waals surface area contributed by atoms with E-state index in [4.69, 9.17) is 0 Å². The summed E-state index contributed by atoms with van der Waals surface area (Å²) >= 11 is 0. The molecule has 0 aromatic heterocycles. The summed E-state index contributed by atoms with van der Waals surface area (Å²) in [5, 5.41) is 6.16. The van der Waals surface area contributed by atoms with Gasteiger partial charge in [0.2, 0.25) is 11.8 Å². The number of anilines is 2. The van der Waals surface area contributed by atoms with Crippen molar-refractivity contribution in [2.45, 2.75) is 73.1 Å². The van der Waals surface area contributed by atoms with Crippen molar-refractivity contribution < 1.29 is 9.59 Å². The van der Waals surface area contributed by atoms with Gasteiger partial charge in [-0.1, -0.05) is 46.6 Å². The molecule has 2 N–H and O–H groups in total. The van der Waals surface area contributed by atoms with E-state index in [1.165, 1.54) is 12.8 Å². The van der Waals surface area contributed by atoms with Crippen LogP contribution in [-0.4, -0.2) is 11.8 Å². The number of carbonyl (C=O) groups is 2. The third kappa shape index (κ3) is 6.32. The fourth-order valence-corrected chi connectivity index (χ4v) is 4.17. The first-order chi connectivity index (χ1) is 13.7. The van der Waals surface area contributed by atoms with E-state index in [9.17, 15) is 9.59 Å². The van der Waals surface area contributed by atoms with E-state index in [1.807, 2.05) is 25.1 Å². The molecule has 0 radical (unpaired) electrons. The lowest BCUT2D eigenvalue weighted by atomic mass is 10.0. The molecule has 160 valence electrons. The zero-order chi connectivity index (χ0) is 21.1. The highest BCUT2D eigenvalue weighted by atomic mass is 16.2. The molecule has 2 aliphatic carbocycles. The summed E-state index contributed by atoms with van der Waals surface area (Å²) in [5.41, 5.74) is 2.61. The van der Waals surface area contributed by atoms with Gasteiger partial charge in [-0.3, -0.25) is 9.59 Å². The highest BCUT2D eigenvalue weighted by molar-refractivity contribution is 5.98. The minimum Gasteiger partial charge on any atom is -0.326 e. The van der Waals surface area contributed by atoms with Crippen LogP contribution >= 0.6 is 0 Å². The highest BCUT2D eigenvalue weighted by Crippen LogP contribution is 2.44. The number of rotatable bonds is 10. The summed E-state index contributed by atoms with van der Waals surface area (Å²) in [5.74, 6) is 3.02. The molecule has 1 aromatic rings. The second-order valence-electron chi connectivity index (χ2n) is 10.2. The van der Waals surface area contributed by atoms with Crippen LogP contribution in [0.4, 0.5) is 11.4 Å². The van der Waals surface area contributed by atoms with E-state index in [0.717, 1.165) is 42.6 Å². The summed E-state index contributed by atoms with van der Waals surface area (Å²) in [4.78, 5) is 25.1. The van der Waals surface area contributed by atoms with Crippen LogP contribution in [0.2, 0.25) is 0 Å². The van der Waals surface area contributed by atoms with E-state index in [2.05, 4.69) is 38.3 Å². The molecular formula is C25H38N2O2. The van der Waals surface area contributed by atoms with Crippen LogP contribution in [0.25, 0.3) is 0 Å². The van der Waals surface area contributed by atoms with E-state index < -0.39 is 0 Å². The molecule has 0 spiro atoms. The summed E-state index contributed by atoms with van der Waals surface area (Å²) in [6.07, 6.45) is 6.68. The monoisotopic (exact) mass is 398 g/mol. The number of aryl methyl sites for hydroxylation is 1. The molecule has 3 rings (SSSR count). The number of benzene rings is 1. The van der Waals surface area contributed by atoms with Gasteiger partial charge in [0.25, 0.3) is 0 Å². The Morgan fingerprint density at radius 3 is 1.93 bits per heavy atom. The third-order valence-electron chi connectivity index (χ3n) is 6.51. The normalized spacial score (nSPS) is 25.2. The molecule has 0 bridgehead atoms. The second-order valence-corrected chi connectivity index (χ2v) is 10.2. The van der Waals surface area contributed by atoms with Crippen molar-refractivity contribution in [1.82, 2.24) is 0 Å². The standard InChI is InChI=1S/C25H38N2O2/c1-15(2)6-9-18-12-21(18)24(28)26-20-11-8-17(5)23(14-20)27-25(29)22-13-19(22)10-7-16(3)4/h8,11,14-16,18-19,21-22H,6-7,9-10,12-13H2,1-5H3,(H,26,28)(H,27,29)/t18-,19-,21+,22-/m0/s1. The molecule has 0 heterocycles. The Balaban J connectivity index is 1.50. The maximum absolute atomic E-state index is 12.6. The Bertz CT molecular complexity index is 740. The van der Waals surface area contributed by atoms with Gasteiger partial charge >= 0.3 is 0 Å². The largest absolute Gasteiger partial charge is 0.326 e. The number of hydrogen-bond acceptors (Lipinski definition) is 2. The van der Waals surface area contributed by atoms with Crippen molar-refractivity contribution in [3.8, 4) is 0 Å². The maximum atomic E-state index is 12.6. The van der Waals surface area contributed by atoms with Crippen LogP contribution in [0.1, 0.15) is 71.8 Å². The fraction of sp³-hybridized carbons (Fsp3) is 0.680. The number of hydrogen-bond donors (Lipinski definition) is 2. The summed E-state index contributed by atoms with van der Waals surface area (Å²) < 4.78 is 0. The first-order valence-electron chi connectivity index (χ1n) is 11.5. The molecule has 0 saturated heterocycles. The minimum atomic E-state index is 0.121. The van der Waals surface area contributed by atoms with Crippen LogP contribution in [-0.2, 0) is 9.59 Å². The van der Waals surface area contributed by atoms with Gasteiger partial charge in [-0.15, -0.1) is 0 Å². The number of amides is 2. The molecule has 4 nitrogen and oxygen atoms in total. The van der Waals surface area contributed by atoms with Crippen molar-refractivity contribution in [3.63, 3.8) is 0 Å². The van der Waals surface area contributed by atoms with Gasteiger partial charge < -0.3 is 10.6 Å². The van der Waals surface area contributed by atoms with Gasteiger partial charge in [0, 0.05) is 23.2 Å². The molecule has 2 aliphatic rings. The SMILES string of the molecule is Cc1ccc(NC(=O)[C@@H]2C[C@@H]2CCC(C)C)cc1NC(=O)[C@H]1C[C@@H]1CCC(C)C. The quantitative estimate of drug-likeness (QED) is 0.506. The van der Waals surface area contributed by atoms with E-state index in [0.29, 0.717) is 23.7 Å². The van der Waals surface area contributed by atoms with Crippen molar-refractivity contribution in [1.29, 1.82) is 0 Å². The molecule has 4 heteroatoms. The molecule has 1 aromatic carbocycles. The Hall–Kier alpha value is -1.84. The molecular weight excluding hydrogens is 360 g/mol. The summed E-state index contributed by atoms with van der Waals surface area (Å²) in [7, 11) is 0. The van der Waals surface area contributed by atoms with Crippen molar-refractivity contribution in [3.05, 3.63) is 23.8 Å². The highest BCUT2D eigenvalue weighted by Gasteiger charge is 2.43. The van der Waals surface area contributed by atoms with Crippen LogP contribution in [0.3, 0.4) is 0 Å². The first-order valence-corrected chi connectivity index (χ1v) is 11.5. The van der Waals surface area contributed by atoms with E-state index >= 15 is 0 Å². The Kier molecular flexibility index (Phi) is 7.02. The van der Waals surface area contributed by atoms with Crippen molar-refractivity contribution in [2.75, 3.05) is 10.6 Å². The molecule has 0 unspecified atom stereocenters. The fourth-order valence-electron chi connectivity index (χ4n) is 4.17. The first kappa shape index (κ1) is 21.9. The van der Waals surface area contributed by atoms with Crippen molar-refractivity contribution in [2.24, 2.45) is 35.5 Å². The molecule has 29 heavy (non-hydrogen) atoms. The number of nitrogens with one attached hydrogen (secondary N) is 2. The third-order valence-corrected chi connectivity index (χ3v) is 6.51. The van der Waals surface area contributed by atoms with Gasteiger partial charge in [-0.25, -0.2) is 0 Å². The smallest absolute Gasteiger partial charge is 0.227 e.